The van der Waals surface area contributed by atoms with Crippen molar-refractivity contribution in [3.05, 3.63) is 58.7 Å². The molecule has 0 aliphatic heterocycles. The number of ether oxygens (including phenoxy) is 2. The van der Waals surface area contributed by atoms with Gasteiger partial charge in [-0.15, -0.1) is 0 Å². The third kappa shape index (κ3) is 2.80. The van der Waals surface area contributed by atoms with E-state index in [1.54, 1.807) is 14.2 Å². The van der Waals surface area contributed by atoms with Crippen LogP contribution in [0.25, 0.3) is 0 Å². The van der Waals surface area contributed by atoms with Crippen molar-refractivity contribution in [2.24, 2.45) is 0 Å². The van der Waals surface area contributed by atoms with Crippen LogP contribution >= 0.6 is 15.9 Å². The first-order valence-electron chi connectivity index (χ1n) is 7.20. The van der Waals surface area contributed by atoms with Crippen molar-refractivity contribution >= 4 is 15.9 Å². The Morgan fingerprint density at radius 1 is 0.857 bits per heavy atom. The van der Waals surface area contributed by atoms with E-state index >= 15 is 0 Å². The van der Waals surface area contributed by atoms with E-state index in [1.165, 1.54) is 41.5 Å². The van der Waals surface area contributed by atoms with Crippen LogP contribution in [-0.2, 0) is 12.8 Å². The van der Waals surface area contributed by atoms with Gasteiger partial charge in [0, 0.05) is 0 Å². The predicted molar refractivity (Wildman–Crippen MR) is 88.8 cm³/mol. The number of methoxy groups -OCH3 is 2. The van der Waals surface area contributed by atoms with Gasteiger partial charge in [-0.2, -0.15) is 0 Å². The summed E-state index contributed by atoms with van der Waals surface area (Å²) >= 11 is 3.82. The summed E-state index contributed by atoms with van der Waals surface area (Å²) in [5.74, 6) is 1.52. The van der Waals surface area contributed by atoms with Gasteiger partial charge in [-0.3, -0.25) is 0 Å². The maximum atomic E-state index is 5.39. The highest BCUT2D eigenvalue weighted by Crippen LogP contribution is 2.37. The van der Waals surface area contributed by atoms with E-state index in [4.69, 9.17) is 9.47 Å². The normalized spacial score (nSPS) is 14.6. The average molecular weight is 347 g/mol. The molecule has 0 heterocycles. The monoisotopic (exact) mass is 346 g/mol. The van der Waals surface area contributed by atoms with Crippen molar-refractivity contribution in [3.63, 3.8) is 0 Å². The molecule has 0 saturated heterocycles. The molecular weight excluding hydrogens is 328 g/mol. The molecule has 0 amide bonds. The van der Waals surface area contributed by atoms with Crippen molar-refractivity contribution in [3.8, 4) is 11.5 Å². The first kappa shape index (κ1) is 14.5. The Kier molecular flexibility index (Phi) is 4.20. The number of hydrogen-bond donors (Lipinski definition) is 0. The molecule has 0 spiro atoms. The van der Waals surface area contributed by atoms with Gasteiger partial charge in [0.05, 0.1) is 19.0 Å². The molecule has 1 aliphatic rings. The summed E-state index contributed by atoms with van der Waals surface area (Å²) in [7, 11) is 3.32. The minimum Gasteiger partial charge on any atom is -0.493 e. The third-order valence-electron chi connectivity index (χ3n) is 4.12. The van der Waals surface area contributed by atoms with E-state index in [-0.39, 0.29) is 4.83 Å². The summed E-state index contributed by atoms with van der Waals surface area (Å²) in [6, 6.07) is 12.9. The molecule has 0 aromatic heterocycles. The second kappa shape index (κ2) is 6.10. The van der Waals surface area contributed by atoms with Gasteiger partial charge in [0.15, 0.2) is 11.5 Å². The molecular formula is C18H19BrO2. The third-order valence-corrected chi connectivity index (χ3v) is 5.17. The number of fused-ring (bicyclic) bond motifs is 1. The molecule has 1 unspecified atom stereocenters. The lowest BCUT2D eigenvalue weighted by molar-refractivity contribution is 0.354. The van der Waals surface area contributed by atoms with E-state index in [1.807, 2.05) is 12.1 Å². The fraction of sp³-hybridized carbons (Fsp3) is 0.333. The quantitative estimate of drug-likeness (QED) is 0.748. The second-order valence-corrected chi connectivity index (χ2v) is 6.27. The van der Waals surface area contributed by atoms with Gasteiger partial charge in [0.1, 0.15) is 0 Å². The van der Waals surface area contributed by atoms with Gasteiger partial charge < -0.3 is 9.47 Å². The van der Waals surface area contributed by atoms with Gasteiger partial charge in [-0.25, -0.2) is 0 Å². The minimum absolute atomic E-state index is 0.170. The zero-order chi connectivity index (χ0) is 14.8. The Morgan fingerprint density at radius 3 is 2.29 bits per heavy atom. The lowest BCUT2D eigenvalue weighted by Gasteiger charge is -2.15. The lowest BCUT2D eigenvalue weighted by atomic mass is 10.00. The molecule has 2 aromatic rings. The van der Waals surface area contributed by atoms with Crippen LogP contribution in [0.2, 0.25) is 0 Å². The Balaban J connectivity index is 1.93. The maximum absolute atomic E-state index is 5.39. The summed E-state index contributed by atoms with van der Waals surface area (Å²) in [6.45, 7) is 0. The first-order valence-corrected chi connectivity index (χ1v) is 8.12. The maximum Gasteiger partial charge on any atom is 0.161 e. The molecule has 1 atom stereocenters. The molecule has 3 heteroatoms. The molecule has 0 bridgehead atoms. The van der Waals surface area contributed by atoms with Crippen LogP contribution in [0, 0.1) is 0 Å². The number of rotatable bonds is 4. The van der Waals surface area contributed by atoms with Crippen molar-refractivity contribution in [1.29, 1.82) is 0 Å². The molecule has 0 N–H and O–H groups in total. The first-order chi connectivity index (χ1) is 10.2. The molecule has 1 aliphatic carbocycles. The van der Waals surface area contributed by atoms with Gasteiger partial charge >= 0.3 is 0 Å². The number of hydrogen-bond acceptors (Lipinski definition) is 2. The van der Waals surface area contributed by atoms with Crippen molar-refractivity contribution < 1.29 is 9.47 Å². The fourth-order valence-electron chi connectivity index (χ4n) is 2.95. The highest BCUT2D eigenvalue weighted by atomic mass is 79.9. The predicted octanol–water partition coefficient (Wildman–Crippen LogP) is 4.68. The van der Waals surface area contributed by atoms with Gasteiger partial charge in [-0.1, -0.05) is 40.2 Å². The van der Waals surface area contributed by atoms with Gasteiger partial charge in [-0.05, 0) is 53.6 Å². The lowest BCUT2D eigenvalue weighted by Crippen LogP contribution is -1.97. The highest BCUT2D eigenvalue weighted by Gasteiger charge is 2.17. The van der Waals surface area contributed by atoms with Crippen molar-refractivity contribution in [1.82, 2.24) is 0 Å². The van der Waals surface area contributed by atoms with E-state index < -0.39 is 0 Å². The summed E-state index contributed by atoms with van der Waals surface area (Å²) in [5, 5.41) is 0. The Hall–Kier alpha value is -1.48. The van der Waals surface area contributed by atoms with Crippen LogP contribution in [0.15, 0.2) is 36.4 Å². The van der Waals surface area contributed by atoms with E-state index in [0.717, 1.165) is 11.5 Å². The zero-order valence-corrected chi connectivity index (χ0v) is 13.9. The van der Waals surface area contributed by atoms with Crippen LogP contribution < -0.4 is 9.47 Å². The molecule has 21 heavy (non-hydrogen) atoms. The van der Waals surface area contributed by atoms with Crippen molar-refractivity contribution in [2.75, 3.05) is 14.2 Å². The van der Waals surface area contributed by atoms with Gasteiger partial charge in [0.2, 0.25) is 0 Å². The van der Waals surface area contributed by atoms with E-state index in [2.05, 4.69) is 40.2 Å². The SMILES string of the molecule is COc1ccc(C(Br)c2ccc3c(c2)CCC3)cc1OC. The van der Waals surface area contributed by atoms with Crippen LogP contribution in [0.5, 0.6) is 11.5 Å². The summed E-state index contributed by atoms with van der Waals surface area (Å²) < 4.78 is 10.7. The molecule has 110 valence electrons. The summed E-state index contributed by atoms with van der Waals surface area (Å²) in [4.78, 5) is 0.170. The largest absolute Gasteiger partial charge is 0.493 e. The smallest absolute Gasteiger partial charge is 0.161 e. The number of benzene rings is 2. The summed E-state index contributed by atoms with van der Waals surface area (Å²) in [5.41, 5.74) is 5.47. The molecule has 0 saturated carbocycles. The second-order valence-electron chi connectivity index (χ2n) is 5.36. The zero-order valence-electron chi connectivity index (χ0n) is 12.4. The number of halogens is 1. The minimum atomic E-state index is 0.170. The van der Waals surface area contributed by atoms with E-state index in [0.29, 0.717) is 0 Å². The summed E-state index contributed by atoms with van der Waals surface area (Å²) in [6.07, 6.45) is 3.70. The van der Waals surface area contributed by atoms with E-state index in [9.17, 15) is 0 Å². The average Bonchev–Trinajstić information content (AvgIpc) is 3.00. The fourth-order valence-corrected chi connectivity index (χ4v) is 3.52. The topological polar surface area (TPSA) is 18.5 Å². The van der Waals surface area contributed by atoms with Gasteiger partial charge in [0.25, 0.3) is 0 Å². The molecule has 3 rings (SSSR count). The van der Waals surface area contributed by atoms with Crippen LogP contribution in [0.1, 0.15) is 33.5 Å². The number of alkyl halides is 1. The molecule has 2 aromatic carbocycles. The van der Waals surface area contributed by atoms with Crippen LogP contribution in [-0.4, -0.2) is 14.2 Å². The number of aryl methyl sites for hydroxylation is 2. The molecule has 0 fully saturated rings. The standard InChI is InChI=1S/C18H19BrO2/c1-20-16-9-8-15(11-17(16)21-2)18(19)14-7-6-12-4-3-5-13(12)10-14/h6-11,18H,3-5H2,1-2H3. The van der Waals surface area contributed by atoms with Crippen LogP contribution in [0.4, 0.5) is 0 Å². The molecule has 2 nitrogen and oxygen atoms in total. The highest BCUT2D eigenvalue weighted by molar-refractivity contribution is 9.09. The van der Waals surface area contributed by atoms with Crippen LogP contribution in [0.3, 0.4) is 0 Å². The Morgan fingerprint density at radius 2 is 1.52 bits per heavy atom. The van der Waals surface area contributed by atoms with Crippen molar-refractivity contribution in [2.45, 2.75) is 24.1 Å². The molecule has 0 radical (unpaired) electrons. The Labute approximate surface area is 134 Å². The Bertz CT molecular complexity index is 652.